The Kier molecular flexibility index (Phi) is 4.73. The number of carboxylic acids is 1. The van der Waals surface area contributed by atoms with Crippen LogP contribution < -0.4 is 5.32 Å². The number of carbonyl (C=O) groups is 3. The second-order valence-corrected chi connectivity index (χ2v) is 6.20. The highest BCUT2D eigenvalue weighted by Gasteiger charge is 2.41. The molecule has 1 aliphatic rings. The van der Waals surface area contributed by atoms with Crippen molar-refractivity contribution in [3.8, 4) is 11.1 Å². The molecule has 1 unspecified atom stereocenters. The predicted molar refractivity (Wildman–Crippen MR) is 89.3 cm³/mol. The molecule has 8 heteroatoms. The van der Waals surface area contributed by atoms with Crippen LogP contribution in [0.4, 0.5) is 13.2 Å². The third kappa shape index (κ3) is 3.84. The van der Waals surface area contributed by atoms with Crippen molar-refractivity contribution in [2.45, 2.75) is 25.1 Å². The van der Waals surface area contributed by atoms with Crippen molar-refractivity contribution >= 4 is 17.7 Å². The van der Waals surface area contributed by atoms with Gasteiger partial charge in [0, 0.05) is 12.0 Å². The standard InChI is InChI=1S/C19H14F3NO4/c20-19(21,22)18(27)23-15(17(25)26)9-16(24)11-5-6-14-12(8-11)7-10-3-1-2-4-13(10)14/h1-6,8,15H,7,9H2,(H,23,27)(H,25,26). The number of aliphatic carboxylic acids is 1. The maximum atomic E-state index is 12.4. The van der Waals surface area contributed by atoms with E-state index in [-0.39, 0.29) is 5.56 Å². The van der Waals surface area contributed by atoms with Gasteiger partial charge in [-0.1, -0.05) is 36.4 Å². The third-order valence-corrected chi connectivity index (χ3v) is 4.37. The Morgan fingerprint density at radius 3 is 2.37 bits per heavy atom. The van der Waals surface area contributed by atoms with E-state index in [1.807, 2.05) is 24.3 Å². The van der Waals surface area contributed by atoms with Gasteiger partial charge in [0.15, 0.2) is 5.78 Å². The highest BCUT2D eigenvalue weighted by Crippen LogP contribution is 2.36. The molecule has 1 amide bonds. The average molecular weight is 377 g/mol. The van der Waals surface area contributed by atoms with Gasteiger partial charge in [0.1, 0.15) is 6.04 Å². The molecule has 1 atom stereocenters. The van der Waals surface area contributed by atoms with Crippen LogP contribution in [0.5, 0.6) is 0 Å². The maximum absolute atomic E-state index is 12.4. The Bertz CT molecular complexity index is 937. The molecule has 5 nitrogen and oxygen atoms in total. The second-order valence-electron chi connectivity index (χ2n) is 6.20. The zero-order valence-corrected chi connectivity index (χ0v) is 13.8. The van der Waals surface area contributed by atoms with E-state index in [0.717, 1.165) is 22.3 Å². The van der Waals surface area contributed by atoms with E-state index in [0.29, 0.717) is 6.42 Å². The highest BCUT2D eigenvalue weighted by atomic mass is 19.4. The number of amides is 1. The van der Waals surface area contributed by atoms with Gasteiger partial charge in [0.2, 0.25) is 0 Å². The molecule has 2 aromatic rings. The first-order valence-electron chi connectivity index (χ1n) is 8.01. The largest absolute Gasteiger partial charge is 0.480 e. The molecule has 2 N–H and O–H groups in total. The fraction of sp³-hybridized carbons (Fsp3) is 0.211. The molecule has 1 aliphatic carbocycles. The van der Waals surface area contributed by atoms with E-state index in [1.165, 1.54) is 11.4 Å². The molecule has 27 heavy (non-hydrogen) atoms. The van der Waals surface area contributed by atoms with Gasteiger partial charge in [-0.15, -0.1) is 0 Å². The van der Waals surface area contributed by atoms with Crippen molar-refractivity contribution in [1.82, 2.24) is 5.32 Å². The summed E-state index contributed by atoms with van der Waals surface area (Å²) in [6.07, 6.45) is -5.39. The van der Waals surface area contributed by atoms with Gasteiger partial charge in [-0.2, -0.15) is 13.2 Å². The normalized spacial score (nSPS) is 13.4. The lowest BCUT2D eigenvalue weighted by Gasteiger charge is -2.15. The van der Waals surface area contributed by atoms with Crippen LogP contribution in [-0.2, 0) is 16.0 Å². The molecule has 2 aromatic carbocycles. The van der Waals surface area contributed by atoms with Gasteiger partial charge in [-0.25, -0.2) is 4.79 Å². The minimum absolute atomic E-state index is 0.189. The summed E-state index contributed by atoms with van der Waals surface area (Å²) in [4.78, 5) is 34.5. The summed E-state index contributed by atoms with van der Waals surface area (Å²) in [6, 6.07) is 10.6. The number of fused-ring (bicyclic) bond motifs is 3. The number of ketones is 1. The summed E-state index contributed by atoms with van der Waals surface area (Å²) >= 11 is 0. The van der Waals surface area contributed by atoms with Crippen LogP contribution in [-0.4, -0.2) is 35.0 Å². The van der Waals surface area contributed by atoms with Crippen LogP contribution in [0.3, 0.4) is 0 Å². The Balaban J connectivity index is 1.77. The van der Waals surface area contributed by atoms with Gasteiger partial charge in [0.25, 0.3) is 0 Å². The zero-order chi connectivity index (χ0) is 19.8. The van der Waals surface area contributed by atoms with E-state index < -0.39 is 36.3 Å². The number of Topliss-reactive ketones (excluding diaryl/α,β-unsaturated/α-hetero) is 1. The summed E-state index contributed by atoms with van der Waals surface area (Å²) in [7, 11) is 0. The molecular weight excluding hydrogens is 363 g/mol. The molecule has 0 bridgehead atoms. The number of carboxylic acid groups (broad SMARTS) is 1. The molecule has 0 saturated heterocycles. The second kappa shape index (κ2) is 6.86. The SMILES string of the molecule is O=C(CC(NC(=O)C(F)(F)F)C(=O)O)c1ccc2c(c1)Cc1ccccc1-2. The molecule has 0 radical (unpaired) electrons. The lowest BCUT2D eigenvalue weighted by atomic mass is 9.98. The summed E-state index contributed by atoms with van der Waals surface area (Å²) < 4.78 is 37.0. The first kappa shape index (κ1) is 18.6. The van der Waals surface area contributed by atoms with E-state index in [1.54, 1.807) is 12.1 Å². The summed E-state index contributed by atoms with van der Waals surface area (Å²) in [5, 5.41) is 10.4. The topological polar surface area (TPSA) is 83.5 Å². The van der Waals surface area contributed by atoms with Crippen LogP contribution in [0.25, 0.3) is 11.1 Å². The number of benzene rings is 2. The number of alkyl halides is 3. The third-order valence-electron chi connectivity index (χ3n) is 4.37. The first-order valence-corrected chi connectivity index (χ1v) is 8.01. The molecule has 3 rings (SSSR count). The number of nitrogens with one attached hydrogen (secondary N) is 1. The quantitative estimate of drug-likeness (QED) is 0.670. The van der Waals surface area contributed by atoms with Crippen LogP contribution in [0, 0.1) is 0 Å². The number of hydrogen-bond donors (Lipinski definition) is 2. The van der Waals surface area contributed by atoms with Crippen LogP contribution in [0.15, 0.2) is 42.5 Å². The minimum Gasteiger partial charge on any atom is -0.480 e. The fourth-order valence-electron chi connectivity index (χ4n) is 3.06. The van der Waals surface area contributed by atoms with Crippen LogP contribution in [0.2, 0.25) is 0 Å². The molecule has 0 heterocycles. The van der Waals surface area contributed by atoms with Crippen molar-refractivity contribution < 1.29 is 32.7 Å². The van der Waals surface area contributed by atoms with Crippen LogP contribution >= 0.6 is 0 Å². The molecule has 0 saturated carbocycles. The average Bonchev–Trinajstić information content (AvgIpc) is 2.97. The molecule has 0 fully saturated rings. The number of carbonyl (C=O) groups excluding carboxylic acids is 2. The van der Waals surface area contributed by atoms with E-state index in [9.17, 15) is 27.6 Å². The fourth-order valence-corrected chi connectivity index (χ4v) is 3.06. The predicted octanol–water partition coefficient (Wildman–Crippen LogP) is 2.96. The molecule has 0 aliphatic heterocycles. The summed E-state index contributed by atoms with van der Waals surface area (Å²) in [5.74, 6) is -4.77. The van der Waals surface area contributed by atoms with Gasteiger partial charge < -0.3 is 10.4 Å². The molecular formula is C19H14F3NO4. The maximum Gasteiger partial charge on any atom is 0.471 e. The number of halogens is 3. The minimum atomic E-state index is -5.23. The van der Waals surface area contributed by atoms with Crippen molar-refractivity contribution in [2.24, 2.45) is 0 Å². The highest BCUT2D eigenvalue weighted by molar-refractivity contribution is 6.00. The Morgan fingerprint density at radius 2 is 1.70 bits per heavy atom. The lowest BCUT2D eigenvalue weighted by molar-refractivity contribution is -0.175. The Hall–Kier alpha value is -3.16. The van der Waals surface area contributed by atoms with E-state index in [4.69, 9.17) is 5.11 Å². The Morgan fingerprint density at radius 1 is 1.04 bits per heavy atom. The van der Waals surface area contributed by atoms with Crippen molar-refractivity contribution in [2.75, 3.05) is 0 Å². The van der Waals surface area contributed by atoms with E-state index >= 15 is 0 Å². The van der Waals surface area contributed by atoms with Crippen LogP contribution in [0.1, 0.15) is 27.9 Å². The van der Waals surface area contributed by atoms with Crippen molar-refractivity contribution in [3.63, 3.8) is 0 Å². The number of hydrogen-bond acceptors (Lipinski definition) is 3. The number of rotatable bonds is 5. The summed E-state index contributed by atoms with van der Waals surface area (Å²) in [5.41, 5.74) is 4.18. The smallest absolute Gasteiger partial charge is 0.471 e. The first-order chi connectivity index (χ1) is 12.7. The van der Waals surface area contributed by atoms with Gasteiger partial charge >= 0.3 is 18.1 Å². The monoisotopic (exact) mass is 377 g/mol. The van der Waals surface area contributed by atoms with Gasteiger partial charge in [-0.3, -0.25) is 9.59 Å². The molecule has 0 aromatic heterocycles. The van der Waals surface area contributed by atoms with Crippen molar-refractivity contribution in [3.05, 3.63) is 59.2 Å². The summed E-state index contributed by atoms with van der Waals surface area (Å²) in [6.45, 7) is 0. The lowest BCUT2D eigenvalue weighted by Crippen LogP contribution is -2.47. The van der Waals surface area contributed by atoms with Crippen molar-refractivity contribution in [1.29, 1.82) is 0 Å². The Labute approximate surface area is 151 Å². The molecule has 140 valence electrons. The van der Waals surface area contributed by atoms with Gasteiger partial charge in [-0.05, 0) is 34.7 Å². The van der Waals surface area contributed by atoms with E-state index in [2.05, 4.69) is 0 Å². The molecule has 0 spiro atoms. The zero-order valence-electron chi connectivity index (χ0n) is 13.8. The van der Waals surface area contributed by atoms with Gasteiger partial charge in [0.05, 0.1) is 0 Å².